The molecule has 3 aromatic rings. The Hall–Kier alpha value is -2.67. The molecule has 2 heterocycles. The molecule has 0 bridgehead atoms. The molecular formula is C17H21N5O2. The number of hydrogen-bond donors (Lipinski definition) is 1. The predicted molar refractivity (Wildman–Crippen MR) is 89.4 cm³/mol. The number of para-hydroxylation sites is 1. The number of ether oxygens (including phenoxy) is 1. The molecule has 0 saturated heterocycles. The molecule has 1 aromatic carbocycles. The van der Waals surface area contributed by atoms with Gasteiger partial charge in [0.2, 0.25) is 11.7 Å². The molecule has 7 nitrogen and oxygen atoms in total. The molecule has 7 heteroatoms. The summed E-state index contributed by atoms with van der Waals surface area (Å²) in [7, 11) is 0. The molecule has 126 valence electrons. The van der Waals surface area contributed by atoms with E-state index in [-0.39, 0.29) is 6.04 Å². The van der Waals surface area contributed by atoms with Crippen molar-refractivity contribution in [1.29, 1.82) is 0 Å². The van der Waals surface area contributed by atoms with Gasteiger partial charge in [0.05, 0.1) is 25.3 Å². The Labute approximate surface area is 140 Å². The van der Waals surface area contributed by atoms with Crippen LogP contribution in [0.3, 0.4) is 0 Å². The molecule has 0 radical (unpaired) electrons. The third-order valence-corrected chi connectivity index (χ3v) is 3.52. The third-order valence-electron chi connectivity index (χ3n) is 3.52. The Balaban J connectivity index is 1.61. The molecule has 0 saturated carbocycles. The Morgan fingerprint density at radius 3 is 2.96 bits per heavy atom. The zero-order valence-electron chi connectivity index (χ0n) is 13.8. The minimum atomic E-state index is 0.232. The van der Waals surface area contributed by atoms with Gasteiger partial charge in [0.15, 0.2) is 0 Å². The second-order valence-corrected chi connectivity index (χ2v) is 5.45. The second-order valence-electron chi connectivity index (χ2n) is 5.45. The van der Waals surface area contributed by atoms with Crippen molar-refractivity contribution in [1.82, 2.24) is 25.2 Å². The summed E-state index contributed by atoms with van der Waals surface area (Å²) >= 11 is 0. The summed E-state index contributed by atoms with van der Waals surface area (Å²) in [5.41, 5.74) is 0.832. The first kappa shape index (κ1) is 16.2. The fourth-order valence-corrected chi connectivity index (χ4v) is 2.38. The lowest BCUT2D eigenvalue weighted by Gasteiger charge is -2.11. The van der Waals surface area contributed by atoms with Gasteiger partial charge in [-0.3, -0.25) is 4.68 Å². The van der Waals surface area contributed by atoms with Crippen LogP contribution in [0.5, 0.6) is 5.75 Å². The highest BCUT2D eigenvalue weighted by Crippen LogP contribution is 2.27. The highest BCUT2D eigenvalue weighted by Gasteiger charge is 2.13. The van der Waals surface area contributed by atoms with E-state index in [1.807, 2.05) is 48.1 Å². The zero-order chi connectivity index (χ0) is 16.8. The highest BCUT2D eigenvalue weighted by molar-refractivity contribution is 5.63. The summed E-state index contributed by atoms with van der Waals surface area (Å²) in [4.78, 5) is 4.45. The normalized spacial score (nSPS) is 12.2. The van der Waals surface area contributed by atoms with Crippen molar-refractivity contribution in [3.63, 3.8) is 0 Å². The van der Waals surface area contributed by atoms with Crippen LogP contribution >= 0.6 is 0 Å². The van der Waals surface area contributed by atoms with Crippen molar-refractivity contribution in [2.24, 2.45) is 0 Å². The van der Waals surface area contributed by atoms with Gasteiger partial charge in [0, 0.05) is 18.4 Å². The number of hydrogen-bond acceptors (Lipinski definition) is 6. The van der Waals surface area contributed by atoms with E-state index in [2.05, 4.69) is 27.5 Å². The first-order chi connectivity index (χ1) is 11.8. The minimum absolute atomic E-state index is 0.232. The maximum Gasteiger partial charge on any atom is 0.240 e. The number of aromatic nitrogens is 4. The van der Waals surface area contributed by atoms with Gasteiger partial charge >= 0.3 is 0 Å². The second kappa shape index (κ2) is 7.74. The first-order valence-corrected chi connectivity index (χ1v) is 8.02. The van der Waals surface area contributed by atoms with Crippen molar-refractivity contribution < 1.29 is 9.26 Å². The van der Waals surface area contributed by atoms with Gasteiger partial charge in [0.1, 0.15) is 5.75 Å². The van der Waals surface area contributed by atoms with Crippen LogP contribution in [0, 0.1) is 0 Å². The van der Waals surface area contributed by atoms with Crippen molar-refractivity contribution in [2.75, 3.05) is 6.61 Å². The molecule has 0 unspecified atom stereocenters. The van der Waals surface area contributed by atoms with Crippen LogP contribution in [0.2, 0.25) is 0 Å². The third kappa shape index (κ3) is 3.99. The fraction of sp³-hybridized carbons (Fsp3) is 0.353. The van der Waals surface area contributed by atoms with E-state index < -0.39 is 0 Å². The van der Waals surface area contributed by atoms with Crippen LogP contribution in [0.1, 0.15) is 19.7 Å². The molecule has 24 heavy (non-hydrogen) atoms. The van der Waals surface area contributed by atoms with Gasteiger partial charge in [-0.15, -0.1) is 0 Å². The molecule has 0 amide bonds. The molecule has 0 spiro atoms. The number of nitrogens with one attached hydrogen (secondary N) is 1. The predicted octanol–water partition coefficient (Wildman–Crippen LogP) is 2.51. The quantitative estimate of drug-likeness (QED) is 0.685. The van der Waals surface area contributed by atoms with Gasteiger partial charge in [-0.25, -0.2) is 0 Å². The van der Waals surface area contributed by atoms with Gasteiger partial charge in [-0.2, -0.15) is 10.1 Å². The molecule has 3 rings (SSSR count). The molecule has 1 atom stereocenters. The summed E-state index contributed by atoms with van der Waals surface area (Å²) in [5, 5.41) is 11.6. The molecule has 0 aliphatic carbocycles. The Morgan fingerprint density at radius 2 is 2.17 bits per heavy atom. The van der Waals surface area contributed by atoms with Crippen molar-refractivity contribution in [3.05, 3.63) is 48.6 Å². The van der Waals surface area contributed by atoms with Gasteiger partial charge < -0.3 is 14.6 Å². The lowest BCUT2D eigenvalue weighted by Crippen LogP contribution is -2.30. The SMILES string of the molecule is CCOc1ccccc1-c1noc(CN[C@@H](C)Cn2cccn2)n1. The Kier molecular flexibility index (Phi) is 5.22. The van der Waals surface area contributed by atoms with Crippen LogP contribution < -0.4 is 10.1 Å². The summed E-state index contributed by atoms with van der Waals surface area (Å²) in [6, 6.07) is 9.82. The Morgan fingerprint density at radius 1 is 1.29 bits per heavy atom. The van der Waals surface area contributed by atoms with E-state index in [0.717, 1.165) is 17.9 Å². The molecule has 0 aliphatic heterocycles. The molecule has 2 aromatic heterocycles. The van der Waals surface area contributed by atoms with Crippen LogP contribution in [-0.2, 0) is 13.1 Å². The topological polar surface area (TPSA) is 78.0 Å². The zero-order valence-corrected chi connectivity index (χ0v) is 13.8. The molecule has 0 aliphatic rings. The summed E-state index contributed by atoms with van der Waals surface area (Å²) in [5.74, 6) is 1.84. The number of rotatable bonds is 8. The van der Waals surface area contributed by atoms with Crippen LogP contribution in [0.25, 0.3) is 11.4 Å². The van der Waals surface area contributed by atoms with Gasteiger partial charge in [0.25, 0.3) is 0 Å². The standard InChI is InChI=1S/C17H21N5O2/c1-3-23-15-8-5-4-7-14(15)17-20-16(24-21-17)11-18-13(2)12-22-10-6-9-19-22/h4-10,13,18H,3,11-12H2,1-2H3/t13-/m0/s1. The maximum atomic E-state index is 5.61. The summed E-state index contributed by atoms with van der Waals surface area (Å²) < 4.78 is 12.8. The number of nitrogens with zero attached hydrogens (tertiary/aromatic N) is 4. The van der Waals surface area contributed by atoms with E-state index in [1.165, 1.54) is 0 Å². The monoisotopic (exact) mass is 327 g/mol. The largest absolute Gasteiger partial charge is 0.493 e. The van der Waals surface area contributed by atoms with Crippen LogP contribution in [0.4, 0.5) is 0 Å². The van der Waals surface area contributed by atoms with Crippen LogP contribution in [-0.4, -0.2) is 32.6 Å². The van der Waals surface area contributed by atoms with E-state index in [0.29, 0.717) is 24.9 Å². The van der Waals surface area contributed by atoms with Crippen molar-refractivity contribution in [3.8, 4) is 17.1 Å². The van der Waals surface area contributed by atoms with E-state index in [9.17, 15) is 0 Å². The smallest absolute Gasteiger partial charge is 0.240 e. The molecule has 0 fully saturated rings. The molecule has 1 N–H and O–H groups in total. The maximum absolute atomic E-state index is 5.61. The Bertz CT molecular complexity index is 754. The molecular weight excluding hydrogens is 306 g/mol. The summed E-state index contributed by atoms with van der Waals surface area (Å²) in [6.07, 6.45) is 3.71. The van der Waals surface area contributed by atoms with Crippen LogP contribution in [0.15, 0.2) is 47.2 Å². The van der Waals surface area contributed by atoms with Crippen molar-refractivity contribution in [2.45, 2.75) is 33.0 Å². The number of benzene rings is 1. The van der Waals surface area contributed by atoms with E-state index in [1.54, 1.807) is 6.20 Å². The minimum Gasteiger partial charge on any atom is -0.493 e. The lowest BCUT2D eigenvalue weighted by atomic mass is 10.2. The first-order valence-electron chi connectivity index (χ1n) is 8.02. The fourth-order valence-electron chi connectivity index (χ4n) is 2.38. The highest BCUT2D eigenvalue weighted by atomic mass is 16.5. The van der Waals surface area contributed by atoms with E-state index >= 15 is 0 Å². The van der Waals surface area contributed by atoms with Crippen molar-refractivity contribution >= 4 is 0 Å². The summed E-state index contributed by atoms with van der Waals surface area (Å²) in [6.45, 7) is 5.91. The average Bonchev–Trinajstić information content (AvgIpc) is 3.25. The van der Waals surface area contributed by atoms with Gasteiger partial charge in [-0.1, -0.05) is 17.3 Å². The average molecular weight is 327 g/mol. The van der Waals surface area contributed by atoms with E-state index in [4.69, 9.17) is 9.26 Å². The van der Waals surface area contributed by atoms with Gasteiger partial charge in [-0.05, 0) is 32.0 Å². The lowest BCUT2D eigenvalue weighted by molar-refractivity contribution is 0.340.